The topological polar surface area (TPSA) is 9.72 Å². The fraction of sp³-hybridized carbons (Fsp3) is 0.280. The molecule has 0 saturated heterocycles. The summed E-state index contributed by atoms with van der Waals surface area (Å²) >= 11 is 4.01. The fourth-order valence-corrected chi connectivity index (χ4v) is 19.3. The Morgan fingerprint density at radius 1 is 0.753 bits per heavy atom. The van der Waals surface area contributed by atoms with Crippen molar-refractivity contribution in [1.82, 2.24) is 4.90 Å². The number of hydrogen-bond acceptors (Lipinski definition) is 5. The average Bonchev–Trinajstić information content (AvgIpc) is 3.07. The van der Waals surface area contributed by atoms with E-state index in [4.69, 9.17) is 0 Å². The van der Waals surface area contributed by atoms with E-state index in [9.17, 15) is 0 Å². The Kier molecular flexibility index (Phi) is 12.1. The molecule has 9 aliphatic rings. The summed E-state index contributed by atoms with van der Waals surface area (Å²) in [5.41, 5.74) is 20.1. The number of para-hydroxylation sites is 1. The van der Waals surface area contributed by atoms with Crippen molar-refractivity contribution in [2.75, 3.05) is 9.80 Å². The standard InChI is InChI=1S/C75H70BN3S2/c1-4-5-9-26-49(3)75(57-36-20-16-25-48(57)2)58-37-21-17-33-54(58)69-59(75)38-24-39-62(69)77(50-27-10-6-11-28-50)53-46-63-72-64(47-53)79(52-31-14-8-15-32-52)74-61(43-45-68-71(74)56-35-19-23-41-66(56)81-68)76(72)60-42-44-67-70(55-34-18-22-40-65(55)80-67)73(60)78(63)51-29-12-7-13-30-51/h6-8,10-18,20-24,27-29,31,33-34,36-42,44-45,47-49,51-52,61,63H,4-5,9,19,25-26,30,32,35,43,46H2,1-3H3/t48?,49?,51?,52-,61?,63?,75?/m0/s1. The van der Waals surface area contributed by atoms with Gasteiger partial charge in [0.2, 0.25) is 6.71 Å². The number of allylic oxidation sites excluding steroid dienone is 10. The zero-order chi connectivity index (χ0) is 53.9. The monoisotopic (exact) mass is 1090 g/mol. The molecule has 5 aromatic carbocycles. The third kappa shape index (κ3) is 7.44. The predicted octanol–water partition coefficient (Wildman–Crippen LogP) is 17.3. The van der Waals surface area contributed by atoms with Gasteiger partial charge in [0.1, 0.15) is 0 Å². The van der Waals surface area contributed by atoms with Gasteiger partial charge in [-0.1, -0.05) is 209 Å². The van der Waals surface area contributed by atoms with Crippen molar-refractivity contribution in [3.63, 3.8) is 0 Å². The van der Waals surface area contributed by atoms with Crippen LogP contribution in [0.15, 0.2) is 211 Å². The summed E-state index contributed by atoms with van der Waals surface area (Å²) in [6.07, 6.45) is 48.7. The molecule has 16 rings (SSSR count). The maximum absolute atomic E-state index is 2.98. The number of anilines is 3. The molecule has 0 spiro atoms. The van der Waals surface area contributed by atoms with Crippen molar-refractivity contribution in [2.24, 2.45) is 11.8 Å². The predicted molar refractivity (Wildman–Crippen MR) is 349 cm³/mol. The average molecular weight is 1090 g/mol. The molecule has 0 fully saturated rings. The van der Waals surface area contributed by atoms with Gasteiger partial charge in [-0.2, -0.15) is 0 Å². The Balaban J connectivity index is 1.01. The molecule has 3 nitrogen and oxygen atoms in total. The Morgan fingerprint density at radius 3 is 2.40 bits per heavy atom. The number of thiophene rings is 2. The molecule has 7 aromatic rings. The minimum absolute atomic E-state index is 0.0868. The highest BCUT2D eigenvalue weighted by Crippen LogP contribution is 2.63. The molecule has 0 bridgehead atoms. The summed E-state index contributed by atoms with van der Waals surface area (Å²) in [7, 11) is 0. The normalized spacial score (nSPS) is 24.8. The Labute approximate surface area is 487 Å². The maximum atomic E-state index is 2.98. The summed E-state index contributed by atoms with van der Waals surface area (Å²) in [5.74, 6) is 1.12. The van der Waals surface area contributed by atoms with Gasteiger partial charge in [0.15, 0.2) is 0 Å². The number of unbranched alkanes of at least 4 members (excludes halogenated alkanes) is 2. The van der Waals surface area contributed by atoms with E-state index < -0.39 is 0 Å². The van der Waals surface area contributed by atoms with Crippen LogP contribution in [-0.2, 0) is 11.8 Å². The highest BCUT2D eigenvalue weighted by molar-refractivity contribution is 7.26. The first-order valence-corrected chi connectivity index (χ1v) is 32.3. The summed E-state index contributed by atoms with van der Waals surface area (Å²) in [5, 5.41) is 4.37. The minimum atomic E-state index is -0.261. The van der Waals surface area contributed by atoms with Gasteiger partial charge in [0.25, 0.3) is 0 Å². The molecule has 2 aliphatic heterocycles. The Bertz CT molecular complexity index is 4170. The minimum Gasteiger partial charge on any atom is -0.358 e. The van der Waals surface area contributed by atoms with Gasteiger partial charge in [-0.15, -0.1) is 22.7 Å². The molecule has 7 aliphatic carbocycles. The quantitative estimate of drug-likeness (QED) is 0.0944. The molecule has 7 atom stereocenters. The van der Waals surface area contributed by atoms with Crippen molar-refractivity contribution in [3.8, 4) is 11.1 Å². The lowest BCUT2D eigenvalue weighted by molar-refractivity contribution is 0.340. The SMILES string of the molecule is CCCCCC(C)C1(C2=CC=CCC2C)c2ccccc2-c2c(N(C3=CC4=C5B(c6ccc7sc8ccccc8c7c6N(C6C=CC=CC6)C5C3)C3CC=c5sc6c(c5=C3N4[C@H]3C=CC=CC3)CCC=C6)c3ccccc3)cccc21. The molecule has 0 saturated carbocycles. The molecule has 0 radical (unpaired) electrons. The van der Waals surface area contributed by atoms with Gasteiger partial charge in [-0.05, 0) is 133 Å². The smallest absolute Gasteiger partial charge is 0.221 e. The van der Waals surface area contributed by atoms with Crippen LogP contribution >= 0.6 is 22.7 Å². The van der Waals surface area contributed by atoms with E-state index in [1.807, 2.05) is 22.7 Å². The van der Waals surface area contributed by atoms with Crippen molar-refractivity contribution in [2.45, 2.75) is 121 Å². The molecule has 6 heteroatoms. The molecule has 6 unspecified atom stereocenters. The third-order valence-electron chi connectivity index (χ3n) is 20.3. The van der Waals surface area contributed by atoms with Gasteiger partial charge < -0.3 is 14.7 Å². The summed E-state index contributed by atoms with van der Waals surface area (Å²) < 4.78 is 4.24. The molecule has 0 amide bonds. The first-order chi connectivity index (χ1) is 40.0. The van der Waals surface area contributed by atoms with E-state index in [0.717, 1.165) is 44.9 Å². The highest BCUT2D eigenvalue weighted by atomic mass is 32.1. The summed E-state index contributed by atoms with van der Waals surface area (Å²) in [6.45, 7) is 7.64. The van der Waals surface area contributed by atoms with Crippen LogP contribution in [0.3, 0.4) is 0 Å². The van der Waals surface area contributed by atoms with Crippen molar-refractivity contribution in [1.29, 1.82) is 0 Å². The molecular formula is C75H70BN3S2. The molecular weight excluding hydrogens is 1020 g/mol. The molecule has 400 valence electrons. The zero-order valence-electron chi connectivity index (χ0n) is 47.0. The Morgan fingerprint density at radius 2 is 1.56 bits per heavy atom. The lowest BCUT2D eigenvalue weighted by atomic mass is 9.27. The van der Waals surface area contributed by atoms with Gasteiger partial charge in [0.05, 0.1) is 23.8 Å². The first-order valence-electron chi connectivity index (χ1n) is 30.6. The zero-order valence-corrected chi connectivity index (χ0v) is 48.7. The fourth-order valence-electron chi connectivity index (χ4n) is 17.0. The number of fused-ring (bicyclic) bond motifs is 14. The number of hydrogen-bond donors (Lipinski definition) is 0. The van der Waals surface area contributed by atoms with Crippen molar-refractivity contribution in [3.05, 3.63) is 242 Å². The number of benzene rings is 5. The van der Waals surface area contributed by atoms with Gasteiger partial charge >= 0.3 is 0 Å². The van der Waals surface area contributed by atoms with Gasteiger partial charge in [0, 0.05) is 80.7 Å². The van der Waals surface area contributed by atoms with E-state index in [2.05, 4.69) is 236 Å². The molecule has 2 aromatic heterocycles. The van der Waals surface area contributed by atoms with Crippen molar-refractivity contribution < 1.29 is 0 Å². The lowest BCUT2D eigenvalue weighted by Crippen LogP contribution is -2.63. The molecule has 81 heavy (non-hydrogen) atoms. The second-order valence-electron chi connectivity index (χ2n) is 24.5. The third-order valence-corrected chi connectivity index (χ3v) is 22.6. The van der Waals surface area contributed by atoms with Gasteiger partial charge in [-0.3, -0.25) is 0 Å². The van der Waals surface area contributed by atoms with Crippen LogP contribution in [0.1, 0.15) is 107 Å². The van der Waals surface area contributed by atoms with E-state index in [1.165, 1.54) is 117 Å². The van der Waals surface area contributed by atoms with Crippen LogP contribution in [0, 0.1) is 11.8 Å². The van der Waals surface area contributed by atoms with Crippen LogP contribution in [0.2, 0.25) is 5.82 Å². The molecule has 4 heterocycles. The largest absolute Gasteiger partial charge is 0.358 e. The van der Waals surface area contributed by atoms with Crippen LogP contribution in [0.25, 0.3) is 49.1 Å². The van der Waals surface area contributed by atoms with Crippen LogP contribution in [-0.4, -0.2) is 29.7 Å². The van der Waals surface area contributed by atoms with Crippen molar-refractivity contribution >= 4 is 89.9 Å². The summed E-state index contributed by atoms with van der Waals surface area (Å²) in [4.78, 5) is 10.1. The van der Waals surface area contributed by atoms with Gasteiger partial charge in [-0.25, -0.2) is 0 Å². The first kappa shape index (κ1) is 49.7. The van der Waals surface area contributed by atoms with E-state index >= 15 is 0 Å². The number of rotatable bonds is 11. The lowest BCUT2D eigenvalue weighted by Gasteiger charge is -2.56. The second-order valence-corrected chi connectivity index (χ2v) is 26.7. The van der Waals surface area contributed by atoms with E-state index in [1.54, 1.807) is 22.3 Å². The van der Waals surface area contributed by atoms with Crippen LogP contribution in [0.4, 0.5) is 17.1 Å². The Hall–Kier alpha value is -7.12. The second kappa shape index (κ2) is 19.8. The highest BCUT2D eigenvalue weighted by Gasteiger charge is 2.56. The summed E-state index contributed by atoms with van der Waals surface area (Å²) in [6, 6.07) is 43.4. The van der Waals surface area contributed by atoms with Crippen LogP contribution < -0.4 is 25.0 Å². The number of nitrogens with zero attached hydrogens (tertiary/aromatic N) is 3. The maximum Gasteiger partial charge on any atom is 0.221 e. The van der Waals surface area contributed by atoms with Crippen LogP contribution in [0.5, 0.6) is 0 Å². The van der Waals surface area contributed by atoms with E-state index in [-0.39, 0.29) is 30.3 Å². The molecule has 0 N–H and O–H groups in total. The van der Waals surface area contributed by atoms with E-state index in [0.29, 0.717) is 17.7 Å².